The smallest absolute Gasteiger partial charge is 0.183 e. The zero-order chi connectivity index (χ0) is 26.7. The molecule has 0 amide bonds. The van der Waals surface area contributed by atoms with E-state index in [0.717, 1.165) is 6.08 Å². The summed E-state index contributed by atoms with van der Waals surface area (Å²) in [6, 6.07) is 16.9. The van der Waals surface area contributed by atoms with Crippen molar-refractivity contribution in [2.24, 2.45) is 0 Å². The number of aliphatic hydroxyl groups excluding tert-OH is 1. The minimum Gasteiger partial charge on any atom is -0.745 e. The molecule has 1 unspecified atom stereocenters. The molecule has 0 bridgehead atoms. The molecule has 0 spiro atoms. The molecule has 2 N–H and O–H groups in total. The van der Waals surface area contributed by atoms with E-state index in [1.54, 1.807) is 6.07 Å². The fourth-order valence-corrected chi connectivity index (χ4v) is 5.50. The van der Waals surface area contributed by atoms with Crippen molar-refractivity contribution in [1.82, 2.24) is 0 Å². The van der Waals surface area contributed by atoms with Crippen LogP contribution in [-0.2, 0) is 21.6 Å². The quantitative estimate of drug-likeness (QED) is 0.262. The number of fused-ring (bicyclic) bond motifs is 1. The SMILES string of the molecule is CCCC[N+](CCCC)(CCCC)Cc1ccccc1.O=S(=O)([O-])C1(O)CC=C(O)c2ccccc21. The Morgan fingerprint density at radius 3 is 1.86 bits per heavy atom. The molecule has 0 aromatic heterocycles. The first-order valence-electron chi connectivity index (χ1n) is 13.2. The number of hydrogen-bond donors (Lipinski definition) is 2. The molecule has 0 fully saturated rings. The predicted octanol–water partition coefficient (Wildman–Crippen LogP) is 6.08. The number of quaternary nitrogens is 1. The molecule has 3 rings (SSSR count). The third-order valence-electron chi connectivity index (χ3n) is 6.93. The largest absolute Gasteiger partial charge is 0.745 e. The maximum absolute atomic E-state index is 11.1. The predicted molar refractivity (Wildman–Crippen MR) is 145 cm³/mol. The van der Waals surface area contributed by atoms with Gasteiger partial charge in [-0.05, 0) is 25.3 Å². The maximum atomic E-state index is 11.1. The van der Waals surface area contributed by atoms with E-state index in [2.05, 4.69) is 51.1 Å². The van der Waals surface area contributed by atoms with Crippen LogP contribution in [0.5, 0.6) is 0 Å². The van der Waals surface area contributed by atoms with E-state index >= 15 is 0 Å². The van der Waals surface area contributed by atoms with Crippen molar-refractivity contribution in [3.05, 3.63) is 77.4 Å². The van der Waals surface area contributed by atoms with Crippen molar-refractivity contribution in [3.8, 4) is 0 Å². The molecule has 0 heterocycles. The van der Waals surface area contributed by atoms with Gasteiger partial charge in [-0.15, -0.1) is 0 Å². The molecule has 7 heteroatoms. The Morgan fingerprint density at radius 2 is 1.36 bits per heavy atom. The summed E-state index contributed by atoms with van der Waals surface area (Å²) in [4.78, 5) is -2.49. The Bertz CT molecular complexity index is 1050. The van der Waals surface area contributed by atoms with Gasteiger partial charge >= 0.3 is 0 Å². The van der Waals surface area contributed by atoms with Crippen molar-refractivity contribution >= 4 is 15.9 Å². The first-order chi connectivity index (χ1) is 17.1. The van der Waals surface area contributed by atoms with E-state index in [9.17, 15) is 23.2 Å². The molecule has 0 aliphatic heterocycles. The van der Waals surface area contributed by atoms with Gasteiger partial charge in [-0.3, -0.25) is 0 Å². The van der Waals surface area contributed by atoms with E-state index in [4.69, 9.17) is 0 Å². The molecule has 1 aliphatic carbocycles. The van der Waals surface area contributed by atoms with Gasteiger partial charge in [-0.1, -0.05) is 94.6 Å². The van der Waals surface area contributed by atoms with Crippen molar-refractivity contribution < 1.29 is 27.7 Å². The lowest BCUT2D eigenvalue weighted by Crippen LogP contribution is -2.49. The first-order valence-corrected chi connectivity index (χ1v) is 14.6. The van der Waals surface area contributed by atoms with Crippen LogP contribution < -0.4 is 0 Å². The molecule has 0 saturated carbocycles. The zero-order valence-electron chi connectivity index (χ0n) is 22.0. The van der Waals surface area contributed by atoms with Gasteiger partial charge in [0.05, 0.1) is 19.6 Å². The van der Waals surface area contributed by atoms with Crippen molar-refractivity contribution in [2.45, 2.75) is 77.2 Å². The van der Waals surface area contributed by atoms with E-state index in [-0.39, 0.29) is 16.9 Å². The van der Waals surface area contributed by atoms with E-state index in [0.29, 0.717) is 0 Å². The number of unbranched alkanes of at least 4 members (excludes halogenated alkanes) is 3. The summed E-state index contributed by atoms with van der Waals surface area (Å²) < 4.78 is 34.5. The Kier molecular flexibility index (Phi) is 11.6. The fourth-order valence-electron chi connectivity index (χ4n) is 4.76. The molecule has 0 radical (unpaired) electrons. The van der Waals surface area contributed by atoms with Gasteiger partial charge in [0.15, 0.2) is 4.93 Å². The topological polar surface area (TPSA) is 97.7 Å². The Morgan fingerprint density at radius 1 is 0.861 bits per heavy atom. The van der Waals surface area contributed by atoms with Gasteiger partial charge in [-0.25, -0.2) is 8.42 Å². The number of rotatable bonds is 12. The summed E-state index contributed by atoms with van der Waals surface area (Å²) in [5.74, 6) is -0.135. The van der Waals surface area contributed by atoms with Crippen LogP contribution in [0, 0.1) is 0 Å². The van der Waals surface area contributed by atoms with Gasteiger partial charge < -0.3 is 19.2 Å². The van der Waals surface area contributed by atoms with Gasteiger partial charge in [-0.2, -0.15) is 0 Å². The third-order valence-corrected chi connectivity index (χ3v) is 8.14. The van der Waals surface area contributed by atoms with Crippen LogP contribution in [0.15, 0.2) is 60.7 Å². The lowest BCUT2D eigenvalue weighted by atomic mass is 9.93. The number of nitrogens with zero attached hydrogens (tertiary/aromatic N) is 1. The van der Waals surface area contributed by atoms with E-state index in [1.165, 1.54) is 92.9 Å². The van der Waals surface area contributed by atoms with Crippen molar-refractivity contribution in [3.63, 3.8) is 0 Å². The van der Waals surface area contributed by atoms with Crippen LogP contribution in [0.4, 0.5) is 0 Å². The lowest BCUT2D eigenvalue weighted by molar-refractivity contribution is -0.941. The molecule has 200 valence electrons. The molecule has 0 saturated heterocycles. The van der Waals surface area contributed by atoms with Crippen molar-refractivity contribution in [2.75, 3.05) is 19.6 Å². The van der Waals surface area contributed by atoms with Crippen LogP contribution in [0.1, 0.15) is 82.4 Å². The number of hydrogen-bond acceptors (Lipinski definition) is 5. The Labute approximate surface area is 217 Å². The van der Waals surface area contributed by atoms with Crippen LogP contribution in [0.2, 0.25) is 0 Å². The fraction of sp³-hybridized carbons (Fsp3) is 0.517. The lowest BCUT2D eigenvalue weighted by Gasteiger charge is -2.39. The molecule has 6 nitrogen and oxygen atoms in total. The van der Waals surface area contributed by atoms with Crippen LogP contribution in [0.25, 0.3) is 5.76 Å². The Balaban J connectivity index is 0.000000259. The normalized spacial score (nSPS) is 17.5. The van der Waals surface area contributed by atoms with E-state index in [1.807, 2.05) is 0 Å². The summed E-state index contributed by atoms with van der Waals surface area (Å²) in [6.45, 7) is 12.2. The molecular formula is C29H43NO5S. The molecule has 1 atom stereocenters. The molecule has 2 aromatic rings. The second-order valence-corrected chi connectivity index (χ2v) is 11.4. The summed E-state index contributed by atoms with van der Waals surface area (Å²) >= 11 is 0. The highest BCUT2D eigenvalue weighted by Crippen LogP contribution is 2.39. The van der Waals surface area contributed by atoms with Gasteiger partial charge in [0.25, 0.3) is 0 Å². The van der Waals surface area contributed by atoms with Gasteiger partial charge in [0, 0.05) is 23.1 Å². The minimum absolute atomic E-state index is 0.0787. The van der Waals surface area contributed by atoms with Crippen molar-refractivity contribution in [1.29, 1.82) is 0 Å². The standard InChI is InChI=1S/C19H34N.C10H10O5S/c1-4-7-15-20(16-8-5-2,17-9-6-3)18-19-13-11-10-12-14-19;11-9-5-6-10(12,16(13,14)15)8-4-2-1-3-7(8)9/h10-14H,4-9,15-18H2,1-3H3;1-5,11-12H,6H2,(H,13,14,15)/q+1;/p-1. The van der Waals surface area contributed by atoms with Gasteiger partial charge in [0.1, 0.15) is 22.4 Å². The summed E-state index contributed by atoms with van der Waals surface area (Å²) in [5, 5.41) is 19.4. The number of aliphatic hydroxyl groups is 2. The highest BCUT2D eigenvalue weighted by molar-refractivity contribution is 7.86. The van der Waals surface area contributed by atoms with E-state index < -0.39 is 21.5 Å². The highest BCUT2D eigenvalue weighted by Gasteiger charge is 2.40. The Hall–Kier alpha value is -2.19. The third kappa shape index (κ3) is 7.90. The van der Waals surface area contributed by atoms with Crippen LogP contribution in [-0.4, -0.2) is 47.3 Å². The average molecular weight is 518 g/mol. The highest BCUT2D eigenvalue weighted by atomic mass is 32.2. The second kappa shape index (κ2) is 13.9. The van der Waals surface area contributed by atoms with Crippen LogP contribution in [0.3, 0.4) is 0 Å². The molecule has 36 heavy (non-hydrogen) atoms. The molecule has 1 aliphatic rings. The average Bonchev–Trinajstić information content (AvgIpc) is 2.87. The molecule has 2 aromatic carbocycles. The summed E-state index contributed by atoms with van der Waals surface area (Å²) in [5.41, 5.74) is 1.59. The zero-order valence-corrected chi connectivity index (χ0v) is 22.8. The summed E-state index contributed by atoms with van der Waals surface area (Å²) in [6.07, 6.45) is 8.70. The van der Waals surface area contributed by atoms with Gasteiger partial charge in [0.2, 0.25) is 0 Å². The number of benzene rings is 2. The monoisotopic (exact) mass is 517 g/mol. The maximum Gasteiger partial charge on any atom is 0.183 e. The minimum atomic E-state index is -4.91. The summed E-state index contributed by atoms with van der Waals surface area (Å²) in [7, 11) is -4.91. The van der Waals surface area contributed by atoms with Crippen LogP contribution >= 0.6 is 0 Å². The second-order valence-electron chi connectivity index (χ2n) is 9.79. The molecular weight excluding hydrogens is 474 g/mol. The first kappa shape index (κ1) is 30.0.